The van der Waals surface area contributed by atoms with Crippen molar-refractivity contribution < 1.29 is 5.11 Å². The molecule has 0 aliphatic carbocycles. The van der Waals surface area contributed by atoms with Crippen LogP contribution in [-0.4, -0.2) is 32.4 Å². The Labute approximate surface area is 113 Å². The van der Waals surface area contributed by atoms with Gasteiger partial charge in [0.15, 0.2) is 5.82 Å². The summed E-state index contributed by atoms with van der Waals surface area (Å²) in [6, 6.07) is 2.05. The van der Waals surface area contributed by atoms with Gasteiger partial charge in [-0.15, -0.1) is 0 Å². The molecule has 0 unspecified atom stereocenters. The van der Waals surface area contributed by atoms with E-state index >= 15 is 0 Å². The average Bonchev–Trinajstić information content (AvgIpc) is 2.80. The van der Waals surface area contributed by atoms with Crippen LogP contribution in [0.5, 0.6) is 0 Å². The number of nitrogens with zero attached hydrogens (tertiary/aromatic N) is 3. The molecule has 0 aliphatic rings. The van der Waals surface area contributed by atoms with Crippen LogP contribution in [0.25, 0.3) is 5.52 Å². The molecule has 2 aromatic heterocycles. The third-order valence-electron chi connectivity index (χ3n) is 3.32. The van der Waals surface area contributed by atoms with Crippen molar-refractivity contribution in [3.8, 4) is 0 Å². The lowest BCUT2D eigenvalue weighted by molar-refractivity contribution is 0.249. The Hall–Kier alpha value is -1.62. The molecule has 19 heavy (non-hydrogen) atoms. The zero-order chi connectivity index (χ0) is 14.0. The van der Waals surface area contributed by atoms with Crippen LogP contribution in [-0.2, 0) is 0 Å². The number of aromatic nitrogens is 3. The second-order valence-electron chi connectivity index (χ2n) is 5.51. The number of aliphatic hydroxyl groups excluding tert-OH is 1. The highest BCUT2D eigenvalue weighted by atomic mass is 16.3. The van der Waals surface area contributed by atoms with Crippen LogP contribution in [0.3, 0.4) is 0 Å². The summed E-state index contributed by atoms with van der Waals surface area (Å²) < 4.78 is 1.83. The molecule has 0 aromatic carbocycles. The van der Waals surface area contributed by atoms with Gasteiger partial charge in [0.2, 0.25) is 0 Å². The van der Waals surface area contributed by atoms with Crippen LogP contribution in [0.4, 0.5) is 5.82 Å². The molecule has 0 amide bonds. The Kier molecular flexibility index (Phi) is 4.04. The summed E-state index contributed by atoms with van der Waals surface area (Å²) >= 11 is 0. The van der Waals surface area contributed by atoms with E-state index in [4.69, 9.17) is 0 Å². The van der Waals surface area contributed by atoms with Crippen LogP contribution in [0.2, 0.25) is 0 Å². The summed E-state index contributed by atoms with van der Waals surface area (Å²) in [7, 11) is 0. The summed E-state index contributed by atoms with van der Waals surface area (Å²) in [6.45, 7) is 8.47. The molecule has 0 fully saturated rings. The van der Waals surface area contributed by atoms with Gasteiger partial charge < -0.3 is 10.4 Å². The van der Waals surface area contributed by atoms with E-state index in [1.54, 1.807) is 6.20 Å². The summed E-state index contributed by atoms with van der Waals surface area (Å²) in [5.41, 5.74) is 1.99. The van der Waals surface area contributed by atoms with E-state index in [-0.39, 0.29) is 12.6 Å². The van der Waals surface area contributed by atoms with Gasteiger partial charge in [-0.25, -0.2) is 9.50 Å². The van der Waals surface area contributed by atoms with E-state index in [1.807, 2.05) is 10.7 Å². The van der Waals surface area contributed by atoms with Crippen molar-refractivity contribution in [2.24, 2.45) is 5.92 Å². The largest absolute Gasteiger partial charge is 0.394 e. The van der Waals surface area contributed by atoms with Crippen molar-refractivity contribution in [2.45, 2.75) is 39.7 Å². The highest BCUT2D eigenvalue weighted by Crippen LogP contribution is 2.21. The van der Waals surface area contributed by atoms with Gasteiger partial charge in [-0.05, 0) is 17.9 Å². The lowest BCUT2D eigenvalue weighted by atomic mass is 10.1. The second-order valence-corrected chi connectivity index (χ2v) is 5.51. The van der Waals surface area contributed by atoms with Crippen molar-refractivity contribution in [1.29, 1.82) is 0 Å². The van der Waals surface area contributed by atoms with Crippen molar-refractivity contribution in [2.75, 3.05) is 11.9 Å². The number of hydrogen-bond acceptors (Lipinski definition) is 4. The average molecular weight is 262 g/mol. The van der Waals surface area contributed by atoms with Crippen LogP contribution in [0.15, 0.2) is 18.5 Å². The quantitative estimate of drug-likeness (QED) is 0.867. The van der Waals surface area contributed by atoms with Crippen molar-refractivity contribution in [3.63, 3.8) is 0 Å². The Bertz CT molecular complexity index is 547. The molecular weight excluding hydrogens is 240 g/mol. The molecule has 2 heterocycles. The number of hydrogen-bond donors (Lipinski definition) is 2. The molecule has 0 bridgehead atoms. The molecule has 0 saturated heterocycles. The fourth-order valence-corrected chi connectivity index (χ4v) is 1.93. The van der Waals surface area contributed by atoms with Gasteiger partial charge in [-0.3, -0.25) is 0 Å². The number of fused-ring (bicyclic) bond motifs is 1. The van der Waals surface area contributed by atoms with Crippen LogP contribution < -0.4 is 5.32 Å². The predicted molar refractivity (Wildman–Crippen MR) is 76.4 cm³/mol. The summed E-state index contributed by atoms with van der Waals surface area (Å²) in [6.07, 6.45) is 3.57. The first-order chi connectivity index (χ1) is 9.02. The first kappa shape index (κ1) is 13.8. The Morgan fingerprint density at radius 3 is 2.63 bits per heavy atom. The van der Waals surface area contributed by atoms with E-state index in [9.17, 15) is 5.11 Å². The van der Waals surface area contributed by atoms with Crippen molar-refractivity contribution in [3.05, 3.63) is 24.2 Å². The SMILES string of the molecule is CC(C)c1cc2c(N[C@H](CO)C(C)C)nccn2n1. The Morgan fingerprint density at radius 1 is 1.32 bits per heavy atom. The minimum Gasteiger partial charge on any atom is -0.394 e. The van der Waals surface area contributed by atoms with Gasteiger partial charge in [0.25, 0.3) is 0 Å². The van der Waals surface area contributed by atoms with Gasteiger partial charge in [-0.2, -0.15) is 5.10 Å². The number of aliphatic hydroxyl groups is 1. The normalized spacial score (nSPS) is 13.4. The van der Waals surface area contributed by atoms with Gasteiger partial charge in [0.1, 0.15) is 5.52 Å². The summed E-state index contributed by atoms with van der Waals surface area (Å²) in [5, 5.41) is 17.2. The lowest BCUT2D eigenvalue weighted by Gasteiger charge is -2.20. The molecular formula is C14H22N4O. The first-order valence-electron chi connectivity index (χ1n) is 6.74. The molecule has 1 atom stereocenters. The van der Waals surface area contributed by atoms with Crippen LogP contribution in [0, 0.1) is 5.92 Å². The van der Waals surface area contributed by atoms with Gasteiger partial charge >= 0.3 is 0 Å². The standard InChI is InChI=1S/C14H22N4O/c1-9(2)11-7-13-14(15-5-6-18(13)17-11)16-12(8-19)10(3)4/h5-7,9-10,12,19H,8H2,1-4H3,(H,15,16)/t12-/m1/s1. The third kappa shape index (κ3) is 2.87. The Morgan fingerprint density at radius 2 is 2.05 bits per heavy atom. The maximum absolute atomic E-state index is 9.41. The van der Waals surface area contributed by atoms with E-state index in [1.165, 1.54) is 0 Å². The molecule has 0 aliphatic heterocycles. The molecule has 5 heteroatoms. The monoisotopic (exact) mass is 262 g/mol. The molecule has 0 radical (unpaired) electrons. The van der Waals surface area contributed by atoms with Crippen LogP contribution >= 0.6 is 0 Å². The molecule has 0 spiro atoms. The smallest absolute Gasteiger partial charge is 0.152 e. The lowest BCUT2D eigenvalue weighted by Crippen LogP contribution is -2.30. The summed E-state index contributed by atoms with van der Waals surface area (Å²) in [4.78, 5) is 4.37. The minimum absolute atomic E-state index is 0.00361. The summed E-state index contributed by atoms with van der Waals surface area (Å²) in [5.74, 6) is 1.49. The highest BCUT2D eigenvalue weighted by molar-refractivity contribution is 5.68. The molecule has 5 nitrogen and oxygen atoms in total. The predicted octanol–water partition coefficient (Wildman–Crippen LogP) is 2.28. The minimum atomic E-state index is -0.00361. The van der Waals surface area contributed by atoms with Crippen molar-refractivity contribution in [1.82, 2.24) is 14.6 Å². The molecule has 2 N–H and O–H groups in total. The first-order valence-corrected chi connectivity index (χ1v) is 6.74. The maximum Gasteiger partial charge on any atom is 0.152 e. The highest BCUT2D eigenvalue weighted by Gasteiger charge is 2.15. The number of rotatable bonds is 5. The molecule has 2 aromatic rings. The van der Waals surface area contributed by atoms with E-state index in [0.29, 0.717) is 11.8 Å². The van der Waals surface area contributed by atoms with Crippen molar-refractivity contribution >= 4 is 11.3 Å². The van der Waals surface area contributed by atoms with E-state index < -0.39 is 0 Å². The number of anilines is 1. The molecule has 104 valence electrons. The maximum atomic E-state index is 9.41. The zero-order valence-electron chi connectivity index (χ0n) is 12.0. The van der Waals surface area contributed by atoms with Gasteiger partial charge in [-0.1, -0.05) is 27.7 Å². The molecule has 0 saturated carbocycles. The van der Waals surface area contributed by atoms with E-state index in [0.717, 1.165) is 17.0 Å². The third-order valence-corrected chi connectivity index (χ3v) is 3.32. The Balaban J connectivity index is 2.37. The number of nitrogens with one attached hydrogen (secondary N) is 1. The topological polar surface area (TPSA) is 62.5 Å². The van der Waals surface area contributed by atoms with E-state index in [2.05, 4.69) is 49.2 Å². The van der Waals surface area contributed by atoms with Crippen LogP contribution in [0.1, 0.15) is 39.3 Å². The zero-order valence-corrected chi connectivity index (χ0v) is 12.0. The van der Waals surface area contributed by atoms with Gasteiger partial charge in [0.05, 0.1) is 18.3 Å². The van der Waals surface area contributed by atoms with Gasteiger partial charge in [0, 0.05) is 12.4 Å². The molecule has 2 rings (SSSR count). The second kappa shape index (κ2) is 5.57. The fourth-order valence-electron chi connectivity index (χ4n) is 1.93. The fraction of sp³-hybridized carbons (Fsp3) is 0.571.